The molecule has 3 heterocycles. The van der Waals surface area contributed by atoms with E-state index in [1.165, 1.54) is 12.1 Å². The molecule has 0 aromatic heterocycles. The summed E-state index contributed by atoms with van der Waals surface area (Å²) in [6.07, 6.45) is -5.24. The molecule has 8 nitrogen and oxygen atoms in total. The fraction of sp³-hybridized carbons (Fsp3) is 0.200. The number of amides is 3. The molecule has 3 aliphatic heterocycles. The highest BCUT2D eigenvalue weighted by Crippen LogP contribution is 2.51. The second-order valence-corrected chi connectivity index (χ2v) is 9.46. The molecule has 0 spiro atoms. The number of urea groups is 1. The number of carbonyl (C=O) groups excluding carboxylic acids is 2. The lowest BCUT2D eigenvalue weighted by Crippen LogP contribution is -2.48. The highest BCUT2D eigenvalue weighted by molar-refractivity contribution is 6.31. The van der Waals surface area contributed by atoms with Crippen molar-refractivity contribution in [2.75, 3.05) is 23.6 Å². The Hall–Kier alpha value is -4.10. The van der Waals surface area contributed by atoms with Gasteiger partial charge in [-0.2, -0.15) is 13.2 Å². The number of nitrogens with one attached hydrogen (secondary N) is 2. The van der Waals surface area contributed by atoms with Gasteiger partial charge >= 0.3 is 12.2 Å². The first kappa shape index (κ1) is 25.2. The van der Waals surface area contributed by atoms with Gasteiger partial charge in [-0.15, -0.1) is 0 Å². The van der Waals surface area contributed by atoms with Gasteiger partial charge in [-0.1, -0.05) is 11.6 Å². The molecular formula is C25H15ClF5N3O5. The number of carbonyl (C=O) groups is 2. The third-order valence-electron chi connectivity index (χ3n) is 6.80. The molecule has 3 aromatic carbocycles. The molecule has 0 fully saturated rings. The Kier molecular flexibility index (Phi) is 5.46. The molecule has 3 amide bonds. The Bertz CT molecular complexity index is 1580. The van der Waals surface area contributed by atoms with Crippen LogP contribution in [0.3, 0.4) is 0 Å². The van der Waals surface area contributed by atoms with Gasteiger partial charge in [0.1, 0.15) is 11.6 Å². The zero-order valence-electron chi connectivity index (χ0n) is 19.3. The van der Waals surface area contributed by atoms with Gasteiger partial charge in [0.05, 0.1) is 29.5 Å². The largest absolute Gasteiger partial charge is 0.453 e. The quantitative estimate of drug-likeness (QED) is 0.379. The predicted octanol–water partition coefficient (Wildman–Crippen LogP) is 4.98. The van der Waals surface area contributed by atoms with Crippen LogP contribution in [-0.4, -0.2) is 36.6 Å². The van der Waals surface area contributed by atoms with E-state index < -0.39 is 53.5 Å². The summed E-state index contributed by atoms with van der Waals surface area (Å²) in [4.78, 5) is 27.0. The maximum Gasteiger partial charge on any atom is 0.423 e. The fourth-order valence-corrected chi connectivity index (χ4v) is 5.24. The molecule has 0 aliphatic carbocycles. The summed E-state index contributed by atoms with van der Waals surface area (Å²) in [6.45, 7) is -1.51. The Labute approximate surface area is 220 Å². The first-order valence-electron chi connectivity index (χ1n) is 11.3. The lowest BCUT2D eigenvalue weighted by Gasteiger charge is -2.27. The number of hydrogen-bond acceptors (Lipinski definition) is 5. The summed E-state index contributed by atoms with van der Waals surface area (Å²) in [5.74, 6) is -2.21. The van der Waals surface area contributed by atoms with Crippen LogP contribution >= 0.6 is 11.6 Å². The van der Waals surface area contributed by atoms with Crippen molar-refractivity contribution in [2.24, 2.45) is 0 Å². The minimum absolute atomic E-state index is 0.0404. The summed E-state index contributed by atoms with van der Waals surface area (Å²) in [6, 6.07) is 4.88. The summed E-state index contributed by atoms with van der Waals surface area (Å²) in [7, 11) is 0. The summed E-state index contributed by atoms with van der Waals surface area (Å²) < 4.78 is 80.3. The Morgan fingerprint density at radius 3 is 2.59 bits per heavy atom. The maximum absolute atomic E-state index is 14.1. The molecule has 0 saturated heterocycles. The van der Waals surface area contributed by atoms with E-state index in [-0.39, 0.29) is 51.4 Å². The third-order valence-corrected chi connectivity index (χ3v) is 7.15. The SMILES string of the molecule is O=C1N[C@H](c2cc(F)ccc2Cl)c2c(NC(=O)N3C[C@@](O)(C(F)(F)F)c4cc(F)ccc43)cc3c(c21)OCO3. The average Bonchev–Trinajstić information content (AvgIpc) is 3.55. The molecule has 3 aliphatic rings. The topological polar surface area (TPSA) is 100 Å². The van der Waals surface area contributed by atoms with Crippen LogP contribution in [0.4, 0.5) is 38.1 Å². The molecule has 6 rings (SSSR count). The summed E-state index contributed by atoms with van der Waals surface area (Å²) >= 11 is 6.28. The van der Waals surface area contributed by atoms with E-state index in [1.807, 2.05) is 0 Å². The number of fused-ring (bicyclic) bond motifs is 4. The van der Waals surface area contributed by atoms with Crippen molar-refractivity contribution in [3.8, 4) is 11.5 Å². The van der Waals surface area contributed by atoms with Gasteiger partial charge < -0.3 is 25.2 Å². The molecular weight excluding hydrogens is 553 g/mol. The highest BCUT2D eigenvalue weighted by Gasteiger charge is 2.61. The van der Waals surface area contributed by atoms with Crippen LogP contribution in [0, 0.1) is 11.6 Å². The first-order valence-corrected chi connectivity index (χ1v) is 11.7. The van der Waals surface area contributed by atoms with Gasteiger partial charge in [0.2, 0.25) is 12.4 Å². The van der Waals surface area contributed by atoms with Crippen molar-refractivity contribution in [1.82, 2.24) is 5.32 Å². The molecule has 2 atom stereocenters. The van der Waals surface area contributed by atoms with Crippen LogP contribution in [0.15, 0.2) is 42.5 Å². The monoisotopic (exact) mass is 567 g/mol. The Morgan fingerprint density at radius 1 is 1.13 bits per heavy atom. The number of anilines is 2. The first-order chi connectivity index (χ1) is 18.4. The van der Waals surface area contributed by atoms with E-state index in [0.29, 0.717) is 11.0 Å². The number of alkyl halides is 3. The number of rotatable bonds is 2. The van der Waals surface area contributed by atoms with E-state index in [4.69, 9.17) is 21.1 Å². The predicted molar refractivity (Wildman–Crippen MR) is 126 cm³/mol. The van der Waals surface area contributed by atoms with Crippen molar-refractivity contribution >= 4 is 34.9 Å². The van der Waals surface area contributed by atoms with E-state index in [2.05, 4.69) is 10.6 Å². The average molecular weight is 568 g/mol. The van der Waals surface area contributed by atoms with Crippen molar-refractivity contribution < 1.29 is 46.1 Å². The molecule has 0 unspecified atom stereocenters. The van der Waals surface area contributed by atoms with Gasteiger partial charge in [0, 0.05) is 27.8 Å². The third kappa shape index (κ3) is 3.75. The van der Waals surface area contributed by atoms with Gasteiger partial charge in [-0.05, 0) is 36.4 Å². The number of ether oxygens (including phenoxy) is 2. The molecule has 0 radical (unpaired) electrons. The minimum Gasteiger partial charge on any atom is -0.453 e. The molecule has 39 heavy (non-hydrogen) atoms. The molecule has 14 heteroatoms. The molecule has 3 N–H and O–H groups in total. The smallest absolute Gasteiger partial charge is 0.423 e. The maximum atomic E-state index is 14.1. The van der Waals surface area contributed by atoms with Gasteiger partial charge in [0.15, 0.2) is 11.5 Å². The standard InChI is InChI=1S/C25H15ClF5N3O5/c26-14-3-1-10(27)5-12(14)20-18-15(7-17-21(39-9-38-17)19(18)22(35)33-20)32-23(36)34-8-24(37,25(29,30)31)13-6-11(28)2-4-16(13)34/h1-7,20,37H,8-9H2,(H,32,36)(H,33,35)/t20-,24+/m1/s1. The number of nitrogens with zero attached hydrogens (tertiary/aromatic N) is 1. The second kappa shape index (κ2) is 8.45. The van der Waals surface area contributed by atoms with Crippen molar-refractivity contribution in [3.63, 3.8) is 0 Å². The normalized spacial score (nSPS) is 21.1. The van der Waals surface area contributed by atoms with Gasteiger partial charge in [-0.3, -0.25) is 9.69 Å². The lowest BCUT2D eigenvalue weighted by molar-refractivity contribution is -0.258. The number of β-amino-alcohol motifs (C(OH)–C–C–N with tert-alkyl or cyclic N) is 1. The van der Waals surface area contributed by atoms with Gasteiger partial charge in [-0.25, -0.2) is 13.6 Å². The fourth-order valence-electron chi connectivity index (χ4n) is 5.01. The van der Waals surface area contributed by atoms with Crippen LogP contribution in [0.5, 0.6) is 11.5 Å². The van der Waals surface area contributed by atoms with Crippen LogP contribution in [-0.2, 0) is 5.60 Å². The summed E-state index contributed by atoms with van der Waals surface area (Å²) in [5, 5.41) is 15.7. The number of aliphatic hydroxyl groups is 1. The number of hydrogen-bond donors (Lipinski definition) is 3. The van der Waals surface area contributed by atoms with E-state index in [0.717, 1.165) is 24.3 Å². The zero-order valence-corrected chi connectivity index (χ0v) is 20.1. The van der Waals surface area contributed by atoms with E-state index >= 15 is 0 Å². The minimum atomic E-state index is -5.24. The van der Waals surface area contributed by atoms with Crippen molar-refractivity contribution in [2.45, 2.75) is 17.8 Å². The zero-order chi connectivity index (χ0) is 27.9. The highest BCUT2D eigenvalue weighted by atomic mass is 35.5. The van der Waals surface area contributed by atoms with Crippen molar-refractivity contribution in [1.29, 1.82) is 0 Å². The van der Waals surface area contributed by atoms with Crippen LogP contribution in [0.1, 0.15) is 33.1 Å². The second-order valence-electron chi connectivity index (χ2n) is 9.05. The van der Waals surface area contributed by atoms with Crippen molar-refractivity contribution in [3.05, 3.63) is 81.4 Å². The van der Waals surface area contributed by atoms with E-state index in [1.54, 1.807) is 0 Å². The number of halogens is 6. The molecule has 202 valence electrons. The molecule has 0 bridgehead atoms. The van der Waals surface area contributed by atoms with Crippen LogP contribution < -0.4 is 25.0 Å². The molecule has 0 saturated carbocycles. The summed E-state index contributed by atoms with van der Waals surface area (Å²) in [5.41, 5.74) is -4.60. The van der Waals surface area contributed by atoms with Crippen LogP contribution in [0.25, 0.3) is 0 Å². The van der Waals surface area contributed by atoms with E-state index in [9.17, 15) is 36.6 Å². The number of benzene rings is 3. The molecule has 3 aromatic rings. The van der Waals surface area contributed by atoms with Gasteiger partial charge in [0.25, 0.3) is 5.91 Å². The van der Waals surface area contributed by atoms with Crippen LogP contribution in [0.2, 0.25) is 5.02 Å². The lowest BCUT2D eigenvalue weighted by atomic mass is 9.95. The Balaban J connectivity index is 1.45. The Morgan fingerprint density at radius 2 is 1.85 bits per heavy atom.